The third-order valence-electron chi connectivity index (χ3n) is 2.60. The molecule has 0 aromatic heterocycles. The predicted octanol–water partition coefficient (Wildman–Crippen LogP) is 3.22. The first-order valence-electron chi connectivity index (χ1n) is 5.94. The molecular formula is C15H15NO3. The van der Waals surface area contributed by atoms with Gasteiger partial charge in [0.1, 0.15) is 11.5 Å². The van der Waals surface area contributed by atoms with E-state index in [0.717, 1.165) is 11.3 Å². The number of hydroxylamine groups is 2. The Morgan fingerprint density at radius 3 is 2.21 bits per heavy atom. The lowest BCUT2D eigenvalue weighted by molar-refractivity contribution is -0.165. The molecule has 0 radical (unpaired) electrons. The minimum Gasteiger partial charge on any atom is -0.457 e. The number of benzene rings is 2. The Bertz CT molecular complexity index is 537. The zero-order valence-electron chi connectivity index (χ0n) is 10.6. The summed E-state index contributed by atoms with van der Waals surface area (Å²) in [4.78, 5) is 10.9. The van der Waals surface area contributed by atoms with E-state index in [4.69, 9.17) is 4.74 Å². The van der Waals surface area contributed by atoms with E-state index in [1.54, 1.807) is 12.1 Å². The average molecular weight is 257 g/mol. The van der Waals surface area contributed by atoms with Crippen LogP contribution in [0.2, 0.25) is 0 Å². The third kappa shape index (κ3) is 3.82. The summed E-state index contributed by atoms with van der Waals surface area (Å²) < 4.78 is 5.64. The summed E-state index contributed by atoms with van der Waals surface area (Å²) in [5.41, 5.74) is 0.832. The van der Waals surface area contributed by atoms with Crippen molar-refractivity contribution in [2.75, 3.05) is 0 Å². The minimum atomic E-state index is -0.385. The summed E-state index contributed by atoms with van der Waals surface area (Å²) in [7, 11) is 0. The van der Waals surface area contributed by atoms with Crippen LogP contribution < -0.4 is 4.74 Å². The van der Waals surface area contributed by atoms with Gasteiger partial charge >= 0.3 is 0 Å². The first-order valence-corrected chi connectivity index (χ1v) is 5.94. The van der Waals surface area contributed by atoms with E-state index in [-0.39, 0.29) is 12.5 Å². The van der Waals surface area contributed by atoms with Gasteiger partial charge in [0, 0.05) is 6.92 Å². The number of hydrogen-bond donors (Lipinski definition) is 1. The minimum absolute atomic E-state index is 0.168. The Balaban J connectivity index is 2.01. The number of ether oxygens (including phenoxy) is 1. The molecule has 0 saturated heterocycles. The van der Waals surface area contributed by atoms with Crippen LogP contribution in [0.3, 0.4) is 0 Å². The molecule has 4 heteroatoms. The first kappa shape index (κ1) is 13.1. The van der Waals surface area contributed by atoms with Crippen LogP contribution in [0.4, 0.5) is 0 Å². The highest BCUT2D eigenvalue weighted by atomic mass is 16.5. The van der Waals surface area contributed by atoms with Gasteiger partial charge in [-0.05, 0) is 29.8 Å². The van der Waals surface area contributed by atoms with E-state index in [1.807, 2.05) is 42.5 Å². The standard InChI is InChI=1S/C15H15NO3/c1-12(17)16(18)11-13-7-9-15(10-8-13)19-14-5-3-2-4-6-14/h2-10,18H,11H2,1H3. The van der Waals surface area contributed by atoms with Crippen LogP contribution >= 0.6 is 0 Å². The van der Waals surface area contributed by atoms with Crippen molar-refractivity contribution in [2.24, 2.45) is 0 Å². The molecule has 0 fully saturated rings. The second-order valence-electron chi connectivity index (χ2n) is 4.14. The maximum absolute atomic E-state index is 10.9. The van der Waals surface area contributed by atoms with Crippen molar-refractivity contribution in [3.8, 4) is 11.5 Å². The van der Waals surface area contributed by atoms with Gasteiger partial charge in [-0.1, -0.05) is 30.3 Å². The summed E-state index contributed by atoms with van der Waals surface area (Å²) in [6.07, 6.45) is 0. The van der Waals surface area contributed by atoms with E-state index in [1.165, 1.54) is 6.92 Å². The van der Waals surface area contributed by atoms with Gasteiger partial charge in [0.2, 0.25) is 5.91 Å². The molecule has 0 atom stereocenters. The molecule has 0 aliphatic carbocycles. The molecule has 0 unspecified atom stereocenters. The lowest BCUT2D eigenvalue weighted by Crippen LogP contribution is -2.23. The van der Waals surface area contributed by atoms with Crippen LogP contribution in [0.25, 0.3) is 0 Å². The van der Waals surface area contributed by atoms with Crippen molar-refractivity contribution in [1.29, 1.82) is 0 Å². The van der Waals surface area contributed by atoms with Crippen molar-refractivity contribution in [3.05, 3.63) is 60.2 Å². The van der Waals surface area contributed by atoms with Gasteiger partial charge in [-0.15, -0.1) is 0 Å². The van der Waals surface area contributed by atoms with Crippen LogP contribution in [0.5, 0.6) is 11.5 Å². The number of rotatable bonds is 4. The molecule has 0 bridgehead atoms. The smallest absolute Gasteiger partial charge is 0.243 e. The van der Waals surface area contributed by atoms with Gasteiger partial charge in [0.15, 0.2) is 0 Å². The number of nitrogens with zero attached hydrogens (tertiary/aromatic N) is 1. The number of para-hydroxylation sites is 1. The van der Waals surface area contributed by atoms with Gasteiger partial charge in [0.25, 0.3) is 0 Å². The Hall–Kier alpha value is -2.33. The summed E-state index contributed by atoms with van der Waals surface area (Å²) in [5, 5.41) is 10.0. The van der Waals surface area contributed by atoms with Gasteiger partial charge in [0.05, 0.1) is 6.54 Å². The quantitative estimate of drug-likeness (QED) is 0.675. The van der Waals surface area contributed by atoms with Crippen LogP contribution in [-0.2, 0) is 11.3 Å². The van der Waals surface area contributed by atoms with Gasteiger partial charge in [-0.3, -0.25) is 10.0 Å². The maximum atomic E-state index is 10.9. The SMILES string of the molecule is CC(=O)N(O)Cc1ccc(Oc2ccccc2)cc1. The Morgan fingerprint density at radius 1 is 1.05 bits per heavy atom. The lowest BCUT2D eigenvalue weighted by atomic mass is 10.2. The van der Waals surface area contributed by atoms with Crippen LogP contribution in [0.15, 0.2) is 54.6 Å². The third-order valence-corrected chi connectivity index (χ3v) is 2.60. The van der Waals surface area contributed by atoms with Crippen molar-refractivity contribution in [3.63, 3.8) is 0 Å². The molecule has 4 nitrogen and oxygen atoms in total. The van der Waals surface area contributed by atoms with Gasteiger partial charge in [-0.2, -0.15) is 0 Å². The molecule has 2 rings (SSSR count). The lowest BCUT2D eigenvalue weighted by Gasteiger charge is -2.12. The zero-order valence-corrected chi connectivity index (χ0v) is 10.6. The number of carbonyl (C=O) groups is 1. The summed E-state index contributed by atoms with van der Waals surface area (Å²) in [5.74, 6) is 1.09. The summed E-state index contributed by atoms with van der Waals surface area (Å²) in [6, 6.07) is 16.7. The van der Waals surface area contributed by atoms with Crippen LogP contribution in [-0.4, -0.2) is 16.2 Å². The van der Waals surface area contributed by atoms with E-state index in [0.29, 0.717) is 10.8 Å². The number of hydrogen-bond acceptors (Lipinski definition) is 3. The number of amides is 1. The largest absolute Gasteiger partial charge is 0.457 e. The van der Waals surface area contributed by atoms with Crippen molar-refractivity contribution >= 4 is 5.91 Å². The van der Waals surface area contributed by atoms with Crippen molar-refractivity contribution < 1.29 is 14.7 Å². The zero-order chi connectivity index (χ0) is 13.7. The van der Waals surface area contributed by atoms with Gasteiger partial charge < -0.3 is 4.74 Å². The molecule has 98 valence electrons. The van der Waals surface area contributed by atoms with E-state index in [9.17, 15) is 10.0 Å². The Kier molecular flexibility index (Phi) is 4.15. The fourth-order valence-corrected chi connectivity index (χ4v) is 1.57. The second kappa shape index (κ2) is 6.02. The number of carbonyl (C=O) groups excluding carboxylic acids is 1. The molecule has 1 N–H and O–H groups in total. The molecule has 0 aliphatic heterocycles. The van der Waals surface area contributed by atoms with E-state index < -0.39 is 0 Å². The highest BCUT2D eigenvalue weighted by molar-refractivity contribution is 5.71. The fraction of sp³-hybridized carbons (Fsp3) is 0.133. The maximum Gasteiger partial charge on any atom is 0.243 e. The first-order chi connectivity index (χ1) is 9.15. The van der Waals surface area contributed by atoms with Crippen LogP contribution in [0, 0.1) is 0 Å². The molecule has 0 spiro atoms. The molecule has 2 aromatic rings. The Labute approximate surface area is 111 Å². The Morgan fingerprint density at radius 2 is 1.63 bits per heavy atom. The highest BCUT2D eigenvalue weighted by Gasteiger charge is 2.05. The normalized spacial score (nSPS) is 10.0. The van der Waals surface area contributed by atoms with E-state index >= 15 is 0 Å². The fourth-order valence-electron chi connectivity index (χ4n) is 1.57. The van der Waals surface area contributed by atoms with Crippen LogP contribution in [0.1, 0.15) is 12.5 Å². The molecule has 1 amide bonds. The summed E-state index contributed by atoms with van der Waals surface area (Å²) >= 11 is 0. The predicted molar refractivity (Wildman–Crippen MR) is 71.0 cm³/mol. The molecule has 0 saturated carbocycles. The van der Waals surface area contributed by atoms with Crippen molar-refractivity contribution in [1.82, 2.24) is 5.06 Å². The monoisotopic (exact) mass is 257 g/mol. The second-order valence-corrected chi connectivity index (χ2v) is 4.14. The average Bonchev–Trinajstić information content (AvgIpc) is 2.42. The van der Waals surface area contributed by atoms with Gasteiger partial charge in [-0.25, -0.2) is 5.06 Å². The molecule has 19 heavy (non-hydrogen) atoms. The molecule has 0 aliphatic rings. The van der Waals surface area contributed by atoms with Crippen molar-refractivity contribution in [2.45, 2.75) is 13.5 Å². The molecular weight excluding hydrogens is 242 g/mol. The summed E-state index contributed by atoms with van der Waals surface area (Å²) in [6.45, 7) is 1.48. The highest BCUT2D eigenvalue weighted by Crippen LogP contribution is 2.21. The van der Waals surface area contributed by atoms with E-state index in [2.05, 4.69) is 0 Å². The topological polar surface area (TPSA) is 49.8 Å². The molecule has 0 heterocycles. The molecule has 2 aromatic carbocycles.